The topological polar surface area (TPSA) is 82.9 Å². The maximum absolute atomic E-state index is 10.9. The number of hydrogen-bond acceptors (Lipinski definition) is 2. The van der Waals surface area contributed by atoms with Crippen molar-refractivity contribution in [1.29, 1.82) is 0 Å². The highest BCUT2D eigenvalue weighted by molar-refractivity contribution is 7.96. The molecule has 0 aromatic heterocycles. The van der Waals surface area contributed by atoms with Gasteiger partial charge in [0.05, 0.1) is 0 Å². The third-order valence-corrected chi connectivity index (χ3v) is 9.24. The summed E-state index contributed by atoms with van der Waals surface area (Å²) >= 11 is 16.2. The Hall–Kier alpha value is 0.347. The molecule has 10 heteroatoms. The number of halogens is 3. The molecule has 70 valence electrons. The van der Waals surface area contributed by atoms with Crippen LogP contribution in [0.15, 0.2) is 4.52 Å². The summed E-state index contributed by atoms with van der Waals surface area (Å²) in [5.74, 6) is 0. The Morgan fingerprint density at radius 3 is 2.17 bits per heavy atom. The van der Waals surface area contributed by atoms with Crippen molar-refractivity contribution in [3.63, 3.8) is 0 Å². The van der Waals surface area contributed by atoms with Crippen molar-refractivity contribution in [1.82, 2.24) is 0 Å². The van der Waals surface area contributed by atoms with Gasteiger partial charge < -0.3 is 0 Å². The molecule has 0 spiro atoms. The van der Waals surface area contributed by atoms with Gasteiger partial charge in [0.25, 0.3) is 0 Å². The molecule has 0 aliphatic carbocycles. The Morgan fingerprint density at radius 1 is 1.50 bits per heavy atom. The predicted molar refractivity (Wildman–Crippen MR) is 50.8 cm³/mol. The number of azide groups is 1. The van der Waals surface area contributed by atoms with Crippen molar-refractivity contribution in [3.8, 4) is 0 Å². The van der Waals surface area contributed by atoms with Crippen LogP contribution in [0.4, 0.5) is 0 Å². The van der Waals surface area contributed by atoms with Gasteiger partial charge >= 0.3 is 6.00 Å². The maximum Gasteiger partial charge on any atom is 0.358 e. The molecule has 0 N–H and O–H groups in total. The molecule has 0 amide bonds. The van der Waals surface area contributed by atoms with Crippen LogP contribution in [0.3, 0.4) is 0 Å². The summed E-state index contributed by atoms with van der Waals surface area (Å²) in [7, 11) is -3.99. The quantitative estimate of drug-likeness (QED) is 0.258. The van der Waals surface area contributed by atoms with Gasteiger partial charge in [-0.2, -0.15) is 0 Å². The van der Waals surface area contributed by atoms with E-state index in [-0.39, 0.29) is 0 Å². The second-order valence-electron chi connectivity index (χ2n) is 1.87. The Morgan fingerprint density at radius 2 is 1.92 bits per heavy atom. The van der Waals surface area contributed by atoms with E-state index in [4.69, 9.17) is 38.8 Å². The average molecular weight is 269 g/mol. The molecule has 0 heterocycles. The van der Waals surface area contributed by atoms with Crippen molar-refractivity contribution >= 4 is 49.3 Å². The van der Waals surface area contributed by atoms with Crippen molar-refractivity contribution < 1.29 is 8.42 Å². The Bertz CT molecular complexity index is 304. The second-order valence-corrected chi connectivity index (χ2v) is 13.2. The van der Waals surface area contributed by atoms with Crippen LogP contribution in [0.1, 0.15) is 6.92 Å². The van der Waals surface area contributed by atoms with Gasteiger partial charge in [0, 0.05) is 9.43 Å². The lowest BCUT2D eigenvalue weighted by Crippen LogP contribution is -2.34. The molecule has 1 atom stereocenters. The lowest BCUT2D eigenvalue weighted by atomic mass is 11.0. The van der Waals surface area contributed by atoms with E-state index in [9.17, 15) is 8.42 Å². The molecule has 1 unspecified atom stereocenters. The summed E-state index contributed by atoms with van der Waals surface area (Å²) in [4.78, 5) is 0.895. The summed E-state index contributed by atoms with van der Waals surface area (Å²) < 4.78 is 24.4. The van der Waals surface area contributed by atoms with Crippen LogP contribution in [-0.4, -0.2) is 19.3 Å². The highest BCUT2D eigenvalue weighted by Gasteiger charge is 2.42. The molecular formula is C2H4Cl3N3O2SSi. The minimum absolute atomic E-state index is 1.20. The highest BCUT2D eigenvalue weighted by Crippen LogP contribution is 2.29. The third kappa shape index (κ3) is 3.38. The van der Waals surface area contributed by atoms with Crippen LogP contribution in [0.2, 0.25) is 0 Å². The van der Waals surface area contributed by atoms with E-state index in [1.54, 1.807) is 0 Å². The second kappa shape index (κ2) is 4.04. The van der Waals surface area contributed by atoms with E-state index < -0.39 is 20.9 Å². The normalized spacial score (nSPS) is 15.0. The van der Waals surface area contributed by atoms with Gasteiger partial charge in [-0.1, -0.05) is 0 Å². The lowest BCUT2D eigenvalue weighted by Gasteiger charge is -2.13. The Kier molecular flexibility index (Phi) is 4.15. The molecule has 0 fully saturated rings. The SMILES string of the molecule is CC([Si](Cl)(Cl)Cl)S(=O)(=O)N=[N+]=[N-]. The summed E-state index contributed by atoms with van der Waals surface area (Å²) in [6.07, 6.45) is 0. The smallest absolute Gasteiger partial charge is 0.221 e. The molecule has 12 heavy (non-hydrogen) atoms. The van der Waals surface area contributed by atoms with Gasteiger partial charge in [-0.25, -0.2) is 8.42 Å². The summed E-state index contributed by atoms with van der Waals surface area (Å²) in [6, 6.07) is -3.37. The van der Waals surface area contributed by atoms with Crippen LogP contribution < -0.4 is 0 Å². The molecule has 0 aromatic rings. The monoisotopic (exact) mass is 267 g/mol. The van der Waals surface area contributed by atoms with Crippen LogP contribution in [-0.2, 0) is 10.0 Å². The van der Waals surface area contributed by atoms with Crippen molar-refractivity contribution in [2.75, 3.05) is 0 Å². The zero-order valence-corrected chi connectivity index (χ0v) is 9.86. The fraction of sp³-hybridized carbons (Fsp3) is 1.00. The molecule has 5 nitrogen and oxygen atoms in total. The van der Waals surface area contributed by atoms with Gasteiger partial charge in [0.1, 0.15) is 4.87 Å². The van der Waals surface area contributed by atoms with Crippen LogP contribution in [0.5, 0.6) is 0 Å². The van der Waals surface area contributed by atoms with Crippen LogP contribution in [0, 0.1) is 0 Å². The molecule has 0 rings (SSSR count). The van der Waals surface area contributed by atoms with Crippen molar-refractivity contribution in [3.05, 3.63) is 10.4 Å². The van der Waals surface area contributed by atoms with Gasteiger partial charge in [-0.05, 0) is 12.5 Å². The molecule has 0 aliphatic rings. The zero-order chi connectivity index (χ0) is 9.99. The largest absolute Gasteiger partial charge is 0.358 e. The predicted octanol–water partition coefficient (Wildman–Crippen LogP) is 2.21. The maximum atomic E-state index is 10.9. The van der Waals surface area contributed by atoms with Gasteiger partial charge in [-0.15, -0.1) is 33.2 Å². The van der Waals surface area contributed by atoms with E-state index in [0.717, 1.165) is 0 Å². The highest BCUT2D eigenvalue weighted by atomic mass is 35.8. The zero-order valence-electron chi connectivity index (χ0n) is 5.78. The first-order valence-corrected chi connectivity index (χ1v) is 9.20. The molecule has 0 radical (unpaired) electrons. The molecule has 0 saturated heterocycles. The minimum atomic E-state index is -3.99. The first kappa shape index (κ1) is 12.3. The van der Waals surface area contributed by atoms with E-state index >= 15 is 0 Å². The van der Waals surface area contributed by atoms with Crippen LogP contribution in [0.25, 0.3) is 10.4 Å². The summed E-state index contributed by atoms with van der Waals surface area (Å²) in [6.45, 7) is 1.20. The summed E-state index contributed by atoms with van der Waals surface area (Å²) in [5, 5.41) is 0. The number of nitrogens with zero attached hydrogens (tertiary/aromatic N) is 3. The van der Waals surface area contributed by atoms with Gasteiger partial charge in [0.2, 0.25) is 10.0 Å². The first-order chi connectivity index (χ1) is 5.22. The number of rotatable bonds is 3. The van der Waals surface area contributed by atoms with E-state index in [2.05, 4.69) is 9.43 Å². The molecule has 0 bridgehead atoms. The van der Waals surface area contributed by atoms with Gasteiger partial charge in [-0.3, -0.25) is 0 Å². The molecular weight excluding hydrogens is 265 g/mol. The van der Waals surface area contributed by atoms with Gasteiger partial charge in [0.15, 0.2) is 0 Å². The Labute approximate surface area is 84.4 Å². The molecule has 0 saturated carbocycles. The van der Waals surface area contributed by atoms with E-state index in [1.165, 1.54) is 6.92 Å². The number of sulfonamides is 1. The van der Waals surface area contributed by atoms with E-state index in [0.29, 0.717) is 0 Å². The fourth-order valence-electron chi connectivity index (χ4n) is 0.290. The lowest BCUT2D eigenvalue weighted by molar-refractivity contribution is 0.595. The number of hydrogen-bond donors (Lipinski definition) is 0. The standard InChI is InChI=1S/C2H4Cl3N3O2SSi/c1-2(12(3,4)5)11(9,10)8-7-6/h2H,1H3. The fourth-order valence-corrected chi connectivity index (χ4v) is 5.07. The van der Waals surface area contributed by atoms with Crippen molar-refractivity contribution in [2.45, 2.75) is 11.8 Å². The van der Waals surface area contributed by atoms with E-state index in [1.807, 2.05) is 0 Å². The van der Waals surface area contributed by atoms with Crippen LogP contribution >= 0.6 is 33.2 Å². The average Bonchev–Trinajstić information content (AvgIpc) is 1.84. The Balaban J connectivity index is 4.96. The molecule has 0 aromatic carbocycles. The van der Waals surface area contributed by atoms with Crippen molar-refractivity contribution in [2.24, 2.45) is 4.52 Å². The minimum Gasteiger partial charge on any atom is -0.221 e. The first-order valence-electron chi connectivity index (χ1n) is 2.58. The molecule has 0 aliphatic heterocycles. The summed E-state index contributed by atoms with van der Waals surface area (Å²) in [5.41, 5.74) is 7.88. The third-order valence-electron chi connectivity index (χ3n) is 1.06.